The van der Waals surface area contributed by atoms with Gasteiger partial charge in [-0.15, -0.1) is 23.1 Å². The summed E-state index contributed by atoms with van der Waals surface area (Å²) >= 11 is 3.08. The van der Waals surface area contributed by atoms with Gasteiger partial charge in [-0.2, -0.15) is 5.10 Å². The third-order valence-corrected chi connectivity index (χ3v) is 5.99. The second kappa shape index (κ2) is 6.41. The molecule has 7 heteroatoms. The summed E-state index contributed by atoms with van der Waals surface area (Å²) in [5.74, 6) is 0.303. The number of aromatic amines is 1. The van der Waals surface area contributed by atoms with Gasteiger partial charge in [0.25, 0.3) is 5.91 Å². The number of H-pyrrole nitrogens is 1. The normalized spacial score (nSPS) is 16.6. The van der Waals surface area contributed by atoms with Gasteiger partial charge in [-0.1, -0.05) is 18.2 Å². The van der Waals surface area contributed by atoms with Crippen LogP contribution in [0.4, 0.5) is 4.39 Å². The van der Waals surface area contributed by atoms with E-state index in [1.165, 1.54) is 17.8 Å². The van der Waals surface area contributed by atoms with E-state index in [1.54, 1.807) is 23.5 Å². The Morgan fingerprint density at radius 1 is 1.33 bits per heavy atom. The first-order chi connectivity index (χ1) is 11.7. The van der Waals surface area contributed by atoms with E-state index in [4.69, 9.17) is 0 Å². The van der Waals surface area contributed by atoms with Gasteiger partial charge in [-0.05, 0) is 35.6 Å². The van der Waals surface area contributed by atoms with E-state index in [-0.39, 0.29) is 17.8 Å². The minimum absolute atomic E-state index is 0.189. The van der Waals surface area contributed by atoms with Crippen LogP contribution >= 0.6 is 23.1 Å². The molecule has 24 heavy (non-hydrogen) atoms. The Balaban J connectivity index is 1.54. The number of nitrogens with zero attached hydrogens (tertiary/aromatic N) is 1. The highest BCUT2D eigenvalue weighted by atomic mass is 32.2. The summed E-state index contributed by atoms with van der Waals surface area (Å²) in [7, 11) is 0. The number of amides is 1. The number of hydrogen-bond acceptors (Lipinski definition) is 4. The van der Waals surface area contributed by atoms with Crippen molar-refractivity contribution in [2.24, 2.45) is 0 Å². The average molecular weight is 359 g/mol. The van der Waals surface area contributed by atoms with Crippen LogP contribution in [0, 0.1) is 5.82 Å². The van der Waals surface area contributed by atoms with Crippen molar-refractivity contribution in [3.8, 4) is 10.6 Å². The molecule has 2 aromatic heterocycles. The second-order valence-electron chi connectivity index (χ2n) is 5.47. The fourth-order valence-electron chi connectivity index (χ4n) is 2.76. The lowest BCUT2D eigenvalue weighted by molar-refractivity contribution is 0.0929. The number of thiophene rings is 1. The largest absolute Gasteiger partial charge is 0.344 e. The molecular weight excluding hydrogens is 345 g/mol. The number of nitrogens with one attached hydrogen (secondary N) is 2. The molecule has 0 saturated carbocycles. The third-order valence-electron chi connectivity index (χ3n) is 3.93. The first-order valence-electron chi connectivity index (χ1n) is 7.54. The van der Waals surface area contributed by atoms with Crippen LogP contribution in [0.1, 0.15) is 28.5 Å². The standard InChI is InChI=1S/C17H14FN3OS2/c18-11-4-1-3-10-12(6-8-24-16(10)11)19-17(22)14-9-13(20-21-14)15-5-2-7-23-15/h1-5,7,9,12H,6,8H2,(H,19,22)(H,20,21). The zero-order valence-corrected chi connectivity index (χ0v) is 14.2. The van der Waals surface area contributed by atoms with Gasteiger partial charge in [0.2, 0.25) is 0 Å². The van der Waals surface area contributed by atoms with Crippen LogP contribution in [0.5, 0.6) is 0 Å². The maximum atomic E-state index is 13.9. The van der Waals surface area contributed by atoms with E-state index < -0.39 is 0 Å². The smallest absolute Gasteiger partial charge is 0.272 e. The average Bonchev–Trinajstić information content (AvgIpc) is 3.27. The summed E-state index contributed by atoms with van der Waals surface area (Å²) in [5.41, 5.74) is 2.00. The maximum absolute atomic E-state index is 13.9. The fraction of sp³-hybridized carbons (Fsp3) is 0.176. The van der Waals surface area contributed by atoms with Gasteiger partial charge in [0.05, 0.1) is 16.6 Å². The zero-order valence-electron chi connectivity index (χ0n) is 12.6. The second-order valence-corrected chi connectivity index (χ2v) is 7.52. The lowest BCUT2D eigenvalue weighted by Crippen LogP contribution is -2.31. The molecule has 3 heterocycles. The van der Waals surface area contributed by atoms with Crippen LogP contribution in [-0.2, 0) is 0 Å². The number of carbonyl (C=O) groups excluding carboxylic acids is 1. The minimum atomic E-state index is -0.249. The number of hydrogen-bond donors (Lipinski definition) is 2. The lowest BCUT2D eigenvalue weighted by atomic mass is 10.0. The molecule has 0 saturated heterocycles. The fourth-order valence-corrected chi connectivity index (χ4v) is 4.60. The molecule has 1 atom stereocenters. The van der Waals surface area contributed by atoms with Crippen molar-refractivity contribution in [3.05, 3.63) is 58.9 Å². The number of rotatable bonds is 3. The number of carbonyl (C=O) groups is 1. The van der Waals surface area contributed by atoms with Gasteiger partial charge in [0.1, 0.15) is 5.82 Å². The Hall–Kier alpha value is -2.12. The van der Waals surface area contributed by atoms with Crippen LogP contribution in [0.15, 0.2) is 46.7 Å². The SMILES string of the molecule is O=C(NC1CCSc2c(F)cccc21)c1cc(-c2cccs2)[nH]n1. The molecule has 2 N–H and O–H groups in total. The maximum Gasteiger partial charge on any atom is 0.272 e. The summed E-state index contributed by atoms with van der Waals surface area (Å²) in [6.07, 6.45) is 0.773. The topological polar surface area (TPSA) is 57.8 Å². The molecular formula is C17H14FN3OS2. The van der Waals surface area contributed by atoms with Gasteiger partial charge >= 0.3 is 0 Å². The van der Waals surface area contributed by atoms with Crippen molar-refractivity contribution >= 4 is 29.0 Å². The molecule has 4 nitrogen and oxygen atoms in total. The van der Waals surface area contributed by atoms with Crippen molar-refractivity contribution in [1.29, 1.82) is 0 Å². The van der Waals surface area contributed by atoms with Gasteiger partial charge in [-0.3, -0.25) is 9.89 Å². The highest BCUT2D eigenvalue weighted by molar-refractivity contribution is 7.99. The zero-order chi connectivity index (χ0) is 16.5. The molecule has 1 aliphatic rings. The highest BCUT2D eigenvalue weighted by Crippen LogP contribution is 2.37. The van der Waals surface area contributed by atoms with Crippen molar-refractivity contribution < 1.29 is 9.18 Å². The van der Waals surface area contributed by atoms with Crippen LogP contribution in [0.3, 0.4) is 0 Å². The van der Waals surface area contributed by atoms with E-state index in [1.807, 2.05) is 23.6 Å². The van der Waals surface area contributed by atoms with Crippen LogP contribution < -0.4 is 5.32 Å². The monoisotopic (exact) mass is 359 g/mol. The Bertz CT molecular complexity index is 876. The van der Waals surface area contributed by atoms with Crippen LogP contribution in [-0.4, -0.2) is 21.9 Å². The molecule has 3 aromatic rings. The number of aromatic nitrogens is 2. The molecule has 0 bridgehead atoms. The lowest BCUT2D eigenvalue weighted by Gasteiger charge is -2.25. The first-order valence-corrected chi connectivity index (χ1v) is 9.40. The van der Waals surface area contributed by atoms with Gasteiger partial charge in [0.15, 0.2) is 5.69 Å². The molecule has 1 amide bonds. The minimum Gasteiger partial charge on any atom is -0.344 e. The molecule has 0 spiro atoms. The summed E-state index contributed by atoms with van der Waals surface area (Å²) in [6.45, 7) is 0. The predicted molar refractivity (Wildman–Crippen MR) is 93.8 cm³/mol. The summed E-state index contributed by atoms with van der Waals surface area (Å²) in [6, 6.07) is 10.5. The Kier molecular flexibility index (Phi) is 4.12. The van der Waals surface area contributed by atoms with Crippen molar-refractivity contribution in [2.75, 3.05) is 5.75 Å². The van der Waals surface area contributed by atoms with Crippen LogP contribution in [0.2, 0.25) is 0 Å². The quantitative estimate of drug-likeness (QED) is 0.735. The van der Waals surface area contributed by atoms with Gasteiger partial charge in [0, 0.05) is 10.6 Å². The number of halogens is 1. The summed E-state index contributed by atoms with van der Waals surface area (Å²) in [4.78, 5) is 14.2. The Labute approximate surface area is 146 Å². The van der Waals surface area contributed by atoms with E-state index >= 15 is 0 Å². The summed E-state index contributed by atoms with van der Waals surface area (Å²) < 4.78 is 13.9. The molecule has 122 valence electrons. The predicted octanol–water partition coefficient (Wildman–Crippen LogP) is 4.24. The molecule has 1 aromatic carbocycles. The number of fused-ring (bicyclic) bond motifs is 1. The summed E-state index contributed by atoms with van der Waals surface area (Å²) in [5, 5.41) is 11.9. The molecule has 1 aliphatic heterocycles. The van der Waals surface area contributed by atoms with Gasteiger partial charge in [-0.25, -0.2) is 4.39 Å². The number of thioether (sulfide) groups is 1. The van der Waals surface area contributed by atoms with E-state index in [9.17, 15) is 9.18 Å². The van der Waals surface area contributed by atoms with Crippen molar-refractivity contribution in [3.63, 3.8) is 0 Å². The molecule has 1 unspecified atom stereocenters. The van der Waals surface area contributed by atoms with E-state index in [0.717, 1.165) is 28.3 Å². The highest BCUT2D eigenvalue weighted by Gasteiger charge is 2.25. The number of benzene rings is 1. The first kappa shape index (κ1) is 15.4. The van der Waals surface area contributed by atoms with E-state index in [0.29, 0.717) is 10.6 Å². The Morgan fingerprint density at radius 2 is 2.25 bits per heavy atom. The van der Waals surface area contributed by atoms with Crippen LogP contribution in [0.25, 0.3) is 10.6 Å². The Morgan fingerprint density at radius 3 is 3.08 bits per heavy atom. The van der Waals surface area contributed by atoms with E-state index in [2.05, 4.69) is 15.5 Å². The van der Waals surface area contributed by atoms with Gasteiger partial charge < -0.3 is 5.32 Å². The molecule has 0 aliphatic carbocycles. The third kappa shape index (κ3) is 2.85. The van der Waals surface area contributed by atoms with Crippen molar-refractivity contribution in [1.82, 2.24) is 15.5 Å². The molecule has 0 radical (unpaired) electrons. The van der Waals surface area contributed by atoms with Crippen molar-refractivity contribution in [2.45, 2.75) is 17.4 Å². The molecule has 0 fully saturated rings. The molecule has 4 rings (SSSR count).